The summed E-state index contributed by atoms with van der Waals surface area (Å²) in [5.74, 6) is -2.66. The molecule has 7 heteroatoms. The molecule has 24 heavy (non-hydrogen) atoms. The number of nitrogens with two attached hydrogens (primary N) is 1. The summed E-state index contributed by atoms with van der Waals surface area (Å²) < 4.78 is 27.2. The van der Waals surface area contributed by atoms with Crippen LogP contribution < -0.4 is 11.1 Å². The van der Waals surface area contributed by atoms with E-state index in [9.17, 15) is 18.4 Å². The molecule has 132 valence electrons. The molecule has 0 unspecified atom stereocenters. The van der Waals surface area contributed by atoms with Crippen LogP contribution >= 0.6 is 0 Å². The van der Waals surface area contributed by atoms with Crippen LogP contribution in [-0.2, 0) is 9.59 Å². The standard InChI is InChI=1S/C17H23F2N3O2/c1-2-22(16(24)17(20)9-4-3-5-10-17)11-14(23)21-15-12(18)7-6-8-13(15)19/h6-8H,2-5,9-11,20H2,1H3,(H,21,23). The van der Waals surface area contributed by atoms with E-state index in [1.807, 2.05) is 0 Å². The zero-order valence-electron chi connectivity index (χ0n) is 13.8. The summed E-state index contributed by atoms with van der Waals surface area (Å²) in [6, 6.07) is 3.32. The minimum atomic E-state index is -0.947. The Kier molecular flexibility index (Phi) is 5.88. The number of nitrogens with one attached hydrogen (secondary N) is 1. The molecule has 0 heterocycles. The molecule has 0 bridgehead atoms. The van der Waals surface area contributed by atoms with Gasteiger partial charge in [-0.2, -0.15) is 0 Å². The van der Waals surface area contributed by atoms with Crippen LogP contribution in [0.4, 0.5) is 14.5 Å². The topological polar surface area (TPSA) is 75.4 Å². The van der Waals surface area contributed by atoms with Crippen molar-refractivity contribution in [1.29, 1.82) is 0 Å². The normalized spacial score (nSPS) is 16.5. The Morgan fingerprint density at radius 3 is 2.33 bits per heavy atom. The Morgan fingerprint density at radius 2 is 1.79 bits per heavy atom. The largest absolute Gasteiger partial charge is 0.332 e. The van der Waals surface area contributed by atoms with Crippen LogP contribution in [0.2, 0.25) is 0 Å². The van der Waals surface area contributed by atoms with E-state index >= 15 is 0 Å². The first-order chi connectivity index (χ1) is 11.4. The fourth-order valence-corrected chi connectivity index (χ4v) is 3.01. The third kappa shape index (κ3) is 4.08. The van der Waals surface area contributed by atoms with Crippen molar-refractivity contribution < 1.29 is 18.4 Å². The second-order valence-corrected chi connectivity index (χ2v) is 6.18. The highest BCUT2D eigenvalue weighted by Crippen LogP contribution is 2.27. The maximum atomic E-state index is 13.6. The van der Waals surface area contributed by atoms with Crippen molar-refractivity contribution in [3.05, 3.63) is 29.8 Å². The average molecular weight is 339 g/mol. The summed E-state index contributed by atoms with van der Waals surface area (Å²) in [7, 11) is 0. The Bertz CT molecular complexity index is 596. The molecule has 1 aromatic carbocycles. The molecular formula is C17H23F2N3O2. The summed E-state index contributed by atoms with van der Waals surface area (Å²) in [4.78, 5) is 26.1. The quantitative estimate of drug-likeness (QED) is 0.865. The highest BCUT2D eigenvalue weighted by Gasteiger charge is 2.38. The smallest absolute Gasteiger partial charge is 0.244 e. The zero-order chi connectivity index (χ0) is 17.7. The van der Waals surface area contributed by atoms with Gasteiger partial charge in [-0.3, -0.25) is 9.59 Å². The Hall–Kier alpha value is -2.02. The van der Waals surface area contributed by atoms with Crippen LogP contribution in [0.1, 0.15) is 39.0 Å². The number of anilines is 1. The van der Waals surface area contributed by atoms with E-state index < -0.39 is 28.8 Å². The van der Waals surface area contributed by atoms with Crippen molar-refractivity contribution in [2.75, 3.05) is 18.4 Å². The maximum absolute atomic E-state index is 13.6. The number of hydrogen-bond acceptors (Lipinski definition) is 3. The molecule has 2 amide bonds. The summed E-state index contributed by atoms with van der Waals surface area (Å²) in [6.45, 7) is 1.74. The van der Waals surface area contributed by atoms with Gasteiger partial charge in [0.2, 0.25) is 11.8 Å². The number of halogens is 2. The number of carbonyl (C=O) groups is 2. The van der Waals surface area contributed by atoms with Crippen LogP contribution in [-0.4, -0.2) is 35.3 Å². The Balaban J connectivity index is 2.04. The van der Waals surface area contributed by atoms with Gasteiger partial charge in [0.1, 0.15) is 17.3 Å². The number of para-hydroxylation sites is 1. The molecule has 2 rings (SSSR count). The molecule has 0 atom stereocenters. The molecular weight excluding hydrogens is 316 g/mol. The van der Waals surface area contributed by atoms with Gasteiger partial charge in [-0.05, 0) is 31.9 Å². The molecule has 0 radical (unpaired) electrons. The molecule has 1 aliphatic rings. The average Bonchev–Trinajstić information content (AvgIpc) is 2.56. The van der Waals surface area contributed by atoms with E-state index in [0.29, 0.717) is 19.4 Å². The number of likely N-dealkylation sites (N-methyl/N-ethyl adjacent to an activating group) is 1. The number of benzene rings is 1. The fraction of sp³-hybridized carbons (Fsp3) is 0.529. The predicted octanol–water partition coefficient (Wildman–Crippen LogP) is 2.41. The lowest BCUT2D eigenvalue weighted by Crippen LogP contribution is -2.57. The van der Waals surface area contributed by atoms with Crippen LogP contribution in [0.5, 0.6) is 0 Å². The van der Waals surface area contributed by atoms with Gasteiger partial charge < -0.3 is 16.0 Å². The number of rotatable bonds is 5. The van der Waals surface area contributed by atoms with E-state index in [1.165, 1.54) is 11.0 Å². The third-order valence-electron chi connectivity index (χ3n) is 4.40. The number of nitrogens with zero attached hydrogens (tertiary/aromatic N) is 1. The van der Waals surface area contributed by atoms with Gasteiger partial charge >= 0.3 is 0 Å². The molecule has 1 aliphatic carbocycles. The van der Waals surface area contributed by atoms with Gasteiger partial charge in [0.15, 0.2) is 0 Å². The van der Waals surface area contributed by atoms with Crippen molar-refractivity contribution in [2.24, 2.45) is 5.73 Å². The maximum Gasteiger partial charge on any atom is 0.244 e. The van der Waals surface area contributed by atoms with Crippen molar-refractivity contribution in [3.8, 4) is 0 Å². The highest BCUT2D eigenvalue weighted by molar-refractivity contribution is 5.96. The molecule has 5 nitrogen and oxygen atoms in total. The van der Waals surface area contributed by atoms with Crippen molar-refractivity contribution in [3.63, 3.8) is 0 Å². The van der Waals surface area contributed by atoms with Crippen molar-refractivity contribution in [2.45, 2.75) is 44.6 Å². The van der Waals surface area contributed by atoms with Crippen LogP contribution in [0.25, 0.3) is 0 Å². The predicted molar refractivity (Wildman–Crippen MR) is 87.2 cm³/mol. The van der Waals surface area contributed by atoms with Gasteiger partial charge in [0.05, 0.1) is 12.1 Å². The Morgan fingerprint density at radius 1 is 1.21 bits per heavy atom. The number of hydrogen-bond donors (Lipinski definition) is 2. The van der Waals surface area contributed by atoms with Crippen LogP contribution in [0, 0.1) is 11.6 Å². The number of carbonyl (C=O) groups excluding carboxylic acids is 2. The lowest BCUT2D eigenvalue weighted by Gasteiger charge is -2.36. The molecule has 0 aliphatic heterocycles. The number of amides is 2. The first-order valence-electron chi connectivity index (χ1n) is 8.19. The summed E-state index contributed by atoms with van der Waals surface area (Å²) in [6.07, 6.45) is 3.99. The lowest BCUT2D eigenvalue weighted by molar-refractivity contribution is -0.140. The van der Waals surface area contributed by atoms with E-state index in [1.54, 1.807) is 6.92 Å². The van der Waals surface area contributed by atoms with Gasteiger partial charge in [0, 0.05) is 6.54 Å². The SMILES string of the molecule is CCN(CC(=O)Nc1c(F)cccc1F)C(=O)C1(N)CCCCC1. The van der Waals surface area contributed by atoms with Gasteiger partial charge in [-0.25, -0.2) is 8.78 Å². The Labute approximate surface area is 140 Å². The molecule has 0 spiro atoms. The molecule has 1 aromatic rings. The van der Waals surface area contributed by atoms with Crippen molar-refractivity contribution >= 4 is 17.5 Å². The molecule has 0 saturated heterocycles. The summed E-state index contributed by atoms with van der Waals surface area (Å²) in [5.41, 5.74) is 4.76. The minimum Gasteiger partial charge on any atom is -0.332 e. The van der Waals surface area contributed by atoms with E-state index in [2.05, 4.69) is 5.32 Å². The van der Waals surface area contributed by atoms with Crippen molar-refractivity contribution in [1.82, 2.24) is 4.90 Å². The lowest BCUT2D eigenvalue weighted by atomic mass is 9.81. The third-order valence-corrected chi connectivity index (χ3v) is 4.40. The van der Waals surface area contributed by atoms with Gasteiger partial charge in [-0.1, -0.05) is 25.3 Å². The molecule has 3 N–H and O–H groups in total. The summed E-state index contributed by atoms with van der Waals surface area (Å²) in [5, 5.41) is 2.19. The second kappa shape index (κ2) is 7.70. The first-order valence-corrected chi connectivity index (χ1v) is 8.19. The van der Waals surface area contributed by atoms with E-state index in [-0.39, 0.29) is 12.5 Å². The van der Waals surface area contributed by atoms with Gasteiger partial charge in [0.25, 0.3) is 0 Å². The fourth-order valence-electron chi connectivity index (χ4n) is 3.01. The first kappa shape index (κ1) is 18.3. The molecule has 1 saturated carbocycles. The van der Waals surface area contributed by atoms with Crippen LogP contribution in [0.3, 0.4) is 0 Å². The monoisotopic (exact) mass is 339 g/mol. The van der Waals surface area contributed by atoms with Crippen LogP contribution in [0.15, 0.2) is 18.2 Å². The summed E-state index contributed by atoms with van der Waals surface area (Å²) >= 11 is 0. The zero-order valence-corrected chi connectivity index (χ0v) is 13.8. The van der Waals surface area contributed by atoms with E-state index in [0.717, 1.165) is 31.4 Å². The molecule has 0 aromatic heterocycles. The van der Waals surface area contributed by atoms with E-state index in [4.69, 9.17) is 5.73 Å². The second-order valence-electron chi connectivity index (χ2n) is 6.18. The minimum absolute atomic E-state index is 0.283. The highest BCUT2D eigenvalue weighted by atomic mass is 19.1. The van der Waals surface area contributed by atoms with Gasteiger partial charge in [-0.15, -0.1) is 0 Å². The molecule has 1 fully saturated rings.